The maximum absolute atomic E-state index is 12.3. The number of halogens is 1. The van der Waals surface area contributed by atoms with Gasteiger partial charge in [0.25, 0.3) is 5.91 Å². The first-order chi connectivity index (χ1) is 12.1. The number of carbonyl (C=O) groups excluding carboxylic acids is 1. The molecule has 3 aromatic heterocycles. The molecule has 4 nitrogen and oxygen atoms in total. The van der Waals surface area contributed by atoms with Gasteiger partial charge in [-0.1, -0.05) is 18.2 Å². The van der Waals surface area contributed by atoms with Crippen LogP contribution in [0, 0.1) is 6.92 Å². The molecule has 4 aromatic rings. The van der Waals surface area contributed by atoms with Crippen molar-refractivity contribution in [2.45, 2.75) is 6.92 Å². The molecule has 0 saturated heterocycles. The van der Waals surface area contributed by atoms with Gasteiger partial charge in [0.1, 0.15) is 5.65 Å². The molecule has 0 atom stereocenters. The molecule has 0 saturated carbocycles. The van der Waals surface area contributed by atoms with Crippen molar-refractivity contribution in [3.05, 3.63) is 75.2 Å². The summed E-state index contributed by atoms with van der Waals surface area (Å²) in [4.78, 5) is 17.7. The number of imidazole rings is 1. The summed E-state index contributed by atoms with van der Waals surface area (Å²) in [6.45, 7) is 2.04. The fourth-order valence-corrected chi connectivity index (χ4v) is 4.00. The molecule has 0 aliphatic rings. The maximum Gasteiger partial charge on any atom is 0.265 e. The lowest BCUT2D eigenvalue weighted by Gasteiger charge is -2.05. The van der Waals surface area contributed by atoms with E-state index in [-0.39, 0.29) is 5.91 Å². The minimum absolute atomic E-state index is 0.112. The third-order valence-corrected chi connectivity index (χ3v) is 5.58. The Kier molecular flexibility index (Phi) is 4.15. The predicted molar refractivity (Wildman–Crippen MR) is 105 cm³/mol. The highest BCUT2D eigenvalue weighted by Gasteiger charge is 2.11. The number of thiophene rings is 1. The summed E-state index contributed by atoms with van der Waals surface area (Å²) in [5, 5.41) is 4.84. The summed E-state index contributed by atoms with van der Waals surface area (Å²) < 4.78 is 2.93. The molecule has 0 spiro atoms. The zero-order valence-electron chi connectivity index (χ0n) is 13.4. The average molecular weight is 412 g/mol. The van der Waals surface area contributed by atoms with E-state index in [2.05, 4.69) is 21.2 Å². The number of anilines is 1. The summed E-state index contributed by atoms with van der Waals surface area (Å²) >= 11 is 4.78. The van der Waals surface area contributed by atoms with Crippen LogP contribution in [0.25, 0.3) is 16.9 Å². The number of aryl methyl sites for hydroxylation is 1. The van der Waals surface area contributed by atoms with Gasteiger partial charge >= 0.3 is 0 Å². The Morgan fingerprint density at radius 1 is 1.24 bits per heavy atom. The van der Waals surface area contributed by atoms with Crippen LogP contribution < -0.4 is 5.32 Å². The van der Waals surface area contributed by atoms with Crippen molar-refractivity contribution in [2.24, 2.45) is 0 Å². The second-order valence-corrected chi connectivity index (χ2v) is 7.54. The Balaban J connectivity index is 1.64. The molecule has 4 rings (SSSR count). The van der Waals surface area contributed by atoms with Gasteiger partial charge in [-0.15, -0.1) is 11.3 Å². The first-order valence-corrected chi connectivity index (χ1v) is 9.37. The van der Waals surface area contributed by atoms with Crippen LogP contribution in [-0.2, 0) is 0 Å². The normalized spacial score (nSPS) is 11.0. The average Bonchev–Trinajstić information content (AvgIpc) is 3.22. The first kappa shape index (κ1) is 16.1. The van der Waals surface area contributed by atoms with Crippen molar-refractivity contribution >= 4 is 44.5 Å². The van der Waals surface area contributed by atoms with Gasteiger partial charge in [-0.3, -0.25) is 4.79 Å². The Hall–Kier alpha value is -2.44. The van der Waals surface area contributed by atoms with E-state index >= 15 is 0 Å². The summed E-state index contributed by atoms with van der Waals surface area (Å²) in [5.74, 6) is -0.112. The SMILES string of the molecule is Cc1cccn2cc(-c3cccc(NC(=O)c4cc(Br)cs4)c3)nc12. The molecule has 124 valence electrons. The quantitative estimate of drug-likeness (QED) is 0.491. The summed E-state index contributed by atoms with van der Waals surface area (Å²) in [5.41, 5.74) is 4.66. The van der Waals surface area contributed by atoms with Gasteiger partial charge in [0.15, 0.2) is 0 Å². The van der Waals surface area contributed by atoms with Crippen LogP contribution in [-0.4, -0.2) is 15.3 Å². The summed E-state index contributed by atoms with van der Waals surface area (Å²) in [7, 11) is 0. The highest BCUT2D eigenvalue weighted by atomic mass is 79.9. The van der Waals surface area contributed by atoms with Crippen LogP contribution in [0.3, 0.4) is 0 Å². The minimum atomic E-state index is -0.112. The van der Waals surface area contributed by atoms with Gasteiger partial charge in [-0.2, -0.15) is 0 Å². The van der Waals surface area contributed by atoms with Crippen LogP contribution in [0.1, 0.15) is 15.2 Å². The zero-order chi connectivity index (χ0) is 17.4. The molecule has 0 bridgehead atoms. The molecular weight excluding hydrogens is 398 g/mol. The third kappa shape index (κ3) is 3.23. The molecule has 3 heterocycles. The second-order valence-electron chi connectivity index (χ2n) is 5.71. The minimum Gasteiger partial charge on any atom is -0.321 e. The number of amides is 1. The number of hydrogen-bond acceptors (Lipinski definition) is 3. The molecular formula is C19H14BrN3OS. The van der Waals surface area contributed by atoms with E-state index in [9.17, 15) is 4.79 Å². The molecule has 1 amide bonds. The second kappa shape index (κ2) is 6.46. The highest BCUT2D eigenvalue weighted by molar-refractivity contribution is 9.10. The molecule has 0 radical (unpaired) electrons. The van der Waals surface area contributed by atoms with Crippen molar-refractivity contribution in [3.8, 4) is 11.3 Å². The summed E-state index contributed by atoms with van der Waals surface area (Å²) in [6.07, 6.45) is 3.98. The largest absolute Gasteiger partial charge is 0.321 e. The number of hydrogen-bond donors (Lipinski definition) is 1. The lowest BCUT2D eigenvalue weighted by atomic mass is 10.1. The number of nitrogens with one attached hydrogen (secondary N) is 1. The molecule has 1 N–H and O–H groups in total. The monoisotopic (exact) mass is 411 g/mol. The van der Waals surface area contributed by atoms with Crippen LogP contribution in [0.4, 0.5) is 5.69 Å². The number of rotatable bonds is 3. The van der Waals surface area contributed by atoms with Gasteiger partial charge in [0, 0.05) is 33.5 Å². The van der Waals surface area contributed by atoms with Crippen LogP contribution in [0.5, 0.6) is 0 Å². The smallest absolute Gasteiger partial charge is 0.265 e. The standard InChI is InChI=1S/C19H14BrN3OS/c1-12-4-3-7-23-10-16(22-18(12)23)13-5-2-6-15(8-13)21-19(24)17-9-14(20)11-25-17/h2-11H,1H3,(H,21,24). The molecule has 25 heavy (non-hydrogen) atoms. The van der Waals surface area contributed by atoms with Crippen molar-refractivity contribution < 1.29 is 4.79 Å². The lowest BCUT2D eigenvalue weighted by molar-refractivity contribution is 0.103. The van der Waals surface area contributed by atoms with E-state index in [0.29, 0.717) is 4.88 Å². The fourth-order valence-electron chi connectivity index (χ4n) is 2.67. The Labute approximate surface area is 157 Å². The number of aromatic nitrogens is 2. The van der Waals surface area contributed by atoms with Crippen molar-refractivity contribution in [3.63, 3.8) is 0 Å². The third-order valence-electron chi connectivity index (χ3n) is 3.89. The molecule has 0 fully saturated rings. The van der Waals surface area contributed by atoms with Gasteiger partial charge < -0.3 is 9.72 Å². The maximum atomic E-state index is 12.3. The number of fused-ring (bicyclic) bond motifs is 1. The van der Waals surface area contributed by atoms with Crippen LogP contribution in [0.15, 0.2) is 64.7 Å². The Morgan fingerprint density at radius 2 is 2.12 bits per heavy atom. The highest BCUT2D eigenvalue weighted by Crippen LogP contribution is 2.25. The lowest BCUT2D eigenvalue weighted by Crippen LogP contribution is -2.09. The summed E-state index contributed by atoms with van der Waals surface area (Å²) in [6, 6.07) is 13.6. The zero-order valence-corrected chi connectivity index (χ0v) is 15.8. The number of pyridine rings is 1. The molecule has 0 unspecified atom stereocenters. The van der Waals surface area contributed by atoms with E-state index in [1.165, 1.54) is 11.3 Å². The van der Waals surface area contributed by atoms with Crippen molar-refractivity contribution in [2.75, 3.05) is 5.32 Å². The molecule has 0 aliphatic carbocycles. The molecule has 0 aliphatic heterocycles. The number of nitrogens with zero attached hydrogens (tertiary/aromatic N) is 2. The topological polar surface area (TPSA) is 46.4 Å². The van der Waals surface area contributed by atoms with E-state index in [1.54, 1.807) is 0 Å². The van der Waals surface area contributed by atoms with E-state index < -0.39 is 0 Å². The number of carbonyl (C=O) groups is 1. The van der Waals surface area contributed by atoms with E-state index in [4.69, 9.17) is 4.98 Å². The van der Waals surface area contributed by atoms with Crippen LogP contribution >= 0.6 is 27.3 Å². The fraction of sp³-hybridized carbons (Fsp3) is 0.0526. The Morgan fingerprint density at radius 3 is 2.88 bits per heavy atom. The first-order valence-electron chi connectivity index (χ1n) is 7.70. The van der Waals surface area contributed by atoms with E-state index in [1.807, 2.05) is 71.6 Å². The van der Waals surface area contributed by atoms with Gasteiger partial charge in [-0.05, 0) is 52.7 Å². The van der Waals surface area contributed by atoms with Gasteiger partial charge in [0.2, 0.25) is 0 Å². The Bertz CT molecular complexity index is 1080. The van der Waals surface area contributed by atoms with Crippen molar-refractivity contribution in [1.82, 2.24) is 9.38 Å². The molecule has 6 heteroatoms. The predicted octanol–water partition coefficient (Wildman–Crippen LogP) is 5.39. The van der Waals surface area contributed by atoms with Gasteiger partial charge in [0.05, 0.1) is 10.6 Å². The van der Waals surface area contributed by atoms with E-state index in [0.717, 1.165) is 32.6 Å². The van der Waals surface area contributed by atoms with Gasteiger partial charge in [-0.25, -0.2) is 4.98 Å². The van der Waals surface area contributed by atoms with Crippen LogP contribution in [0.2, 0.25) is 0 Å². The number of benzene rings is 1. The molecule has 1 aromatic carbocycles. The van der Waals surface area contributed by atoms with Crippen molar-refractivity contribution in [1.29, 1.82) is 0 Å².